The average molecular weight is 855 g/mol. The quantitative estimate of drug-likeness (QED) is 0.0376. The zero-order valence-corrected chi connectivity index (χ0v) is 39.6. The predicted octanol–water partition coefficient (Wildman–Crippen LogP) is 16.5. The third kappa shape index (κ3) is 48.7. The van der Waals surface area contributed by atoms with Crippen LogP contribution in [0, 0.1) is 0 Å². The third-order valence-corrected chi connectivity index (χ3v) is 9.93. The number of allylic oxidation sites excluding steroid dienone is 22. The van der Waals surface area contributed by atoms with Crippen LogP contribution in [-0.4, -0.2) is 36.4 Å². The zero-order chi connectivity index (χ0) is 44.9. The van der Waals surface area contributed by atoms with Gasteiger partial charge in [-0.1, -0.05) is 199 Å². The van der Waals surface area contributed by atoms with Crippen LogP contribution in [0.15, 0.2) is 134 Å². The summed E-state index contributed by atoms with van der Waals surface area (Å²) >= 11 is 0. The maximum Gasteiger partial charge on any atom is 0.306 e. The molecular weight excluding hydrogens is 765 g/mol. The molecule has 0 aromatic carbocycles. The highest BCUT2D eigenvalue weighted by atomic mass is 16.6. The molecule has 0 aliphatic carbocycles. The number of unbranched alkanes of at least 4 members (excludes halogenated alkanes) is 13. The summed E-state index contributed by atoms with van der Waals surface area (Å²) in [6, 6.07) is 0. The summed E-state index contributed by atoms with van der Waals surface area (Å²) in [6.07, 6.45) is 76.8. The van der Waals surface area contributed by atoms with Crippen LogP contribution in [0.25, 0.3) is 0 Å². The molecule has 0 amide bonds. The van der Waals surface area contributed by atoms with Crippen molar-refractivity contribution < 1.29 is 24.2 Å². The molecule has 0 saturated heterocycles. The van der Waals surface area contributed by atoms with E-state index in [0.29, 0.717) is 12.8 Å². The molecule has 62 heavy (non-hydrogen) atoms. The third-order valence-electron chi connectivity index (χ3n) is 9.93. The van der Waals surface area contributed by atoms with Gasteiger partial charge in [0.15, 0.2) is 6.10 Å². The van der Waals surface area contributed by atoms with Gasteiger partial charge in [-0.25, -0.2) is 0 Å². The molecule has 0 aromatic heterocycles. The molecule has 0 bridgehead atoms. The smallest absolute Gasteiger partial charge is 0.306 e. The monoisotopic (exact) mass is 855 g/mol. The lowest BCUT2D eigenvalue weighted by Crippen LogP contribution is -2.28. The Morgan fingerprint density at radius 1 is 0.387 bits per heavy atom. The summed E-state index contributed by atoms with van der Waals surface area (Å²) in [5, 5.41) is 9.59. The van der Waals surface area contributed by atoms with Gasteiger partial charge in [0.05, 0.1) is 6.61 Å². The summed E-state index contributed by atoms with van der Waals surface area (Å²) in [4.78, 5) is 24.3. The van der Waals surface area contributed by atoms with E-state index in [9.17, 15) is 14.7 Å². The molecule has 0 heterocycles. The van der Waals surface area contributed by atoms with Crippen LogP contribution in [0.2, 0.25) is 0 Å². The second-order valence-corrected chi connectivity index (χ2v) is 15.8. The van der Waals surface area contributed by atoms with E-state index < -0.39 is 6.10 Å². The Labute approximate surface area is 381 Å². The lowest BCUT2D eigenvalue weighted by atomic mass is 10.1. The highest BCUT2D eigenvalue weighted by Gasteiger charge is 2.16. The van der Waals surface area contributed by atoms with Crippen molar-refractivity contribution in [1.82, 2.24) is 0 Å². The van der Waals surface area contributed by atoms with Crippen LogP contribution in [0.4, 0.5) is 0 Å². The molecule has 0 aliphatic rings. The first-order chi connectivity index (χ1) is 30.6. The van der Waals surface area contributed by atoms with Crippen molar-refractivity contribution >= 4 is 11.9 Å². The highest BCUT2D eigenvalue weighted by Crippen LogP contribution is 2.11. The number of aliphatic hydroxyl groups is 1. The number of carbonyl (C=O) groups excluding carboxylic acids is 2. The lowest BCUT2D eigenvalue weighted by molar-refractivity contribution is -0.161. The first-order valence-corrected chi connectivity index (χ1v) is 24.7. The van der Waals surface area contributed by atoms with Crippen molar-refractivity contribution in [3.8, 4) is 0 Å². The van der Waals surface area contributed by atoms with Crippen LogP contribution in [0.3, 0.4) is 0 Å². The second-order valence-electron chi connectivity index (χ2n) is 15.8. The van der Waals surface area contributed by atoms with Crippen LogP contribution >= 0.6 is 0 Å². The molecule has 5 nitrogen and oxygen atoms in total. The molecule has 0 radical (unpaired) electrons. The van der Waals surface area contributed by atoms with Gasteiger partial charge in [0.25, 0.3) is 0 Å². The number of carbonyl (C=O) groups is 2. The Bertz CT molecular complexity index is 1330. The van der Waals surface area contributed by atoms with E-state index in [1.165, 1.54) is 44.9 Å². The molecule has 1 atom stereocenters. The van der Waals surface area contributed by atoms with Gasteiger partial charge < -0.3 is 14.6 Å². The number of rotatable bonds is 43. The first kappa shape index (κ1) is 58.0. The molecule has 348 valence electrons. The van der Waals surface area contributed by atoms with Crippen LogP contribution in [0.5, 0.6) is 0 Å². The number of esters is 2. The fourth-order valence-electron chi connectivity index (χ4n) is 6.22. The molecule has 0 aliphatic heterocycles. The topological polar surface area (TPSA) is 72.8 Å². The van der Waals surface area contributed by atoms with Gasteiger partial charge in [0, 0.05) is 12.8 Å². The minimum absolute atomic E-state index is 0.0888. The average Bonchev–Trinajstić information content (AvgIpc) is 3.28. The number of ether oxygens (including phenoxy) is 2. The summed E-state index contributed by atoms with van der Waals surface area (Å²) in [6.45, 7) is 3.96. The molecule has 5 heteroatoms. The Morgan fingerprint density at radius 2 is 0.694 bits per heavy atom. The van der Waals surface area contributed by atoms with Crippen molar-refractivity contribution in [2.24, 2.45) is 0 Å². The van der Waals surface area contributed by atoms with Gasteiger partial charge in [-0.15, -0.1) is 0 Å². The maximum atomic E-state index is 12.2. The van der Waals surface area contributed by atoms with E-state index in [0.717, 1.165) is 122 Å². The van der Waals surface area contributed by atoms with Gasteiger partial charge in [0.2, 0.25) is 0 Å². The van der Waals surface area contributed by atoms with Crippen LogP contribution < -0.4 is 0 Å². The minimum atomic E-state index is -0.798. The van der Waals surface area contributed by atoms with Gasteiger partial charge >= 0.3 is 11.9 Å². The fraction of sp³-hybridized carbons (Fsp3) is 0.579. The van der Waals surface area contributed by atoms with E-state index in [1.807, 2.05) is 0 Å². The van der Waals surface area contributed by atoms with E-state index in [4.69, 9.17) is 9.47 Å². The van der Waals surface area contributed by atoms with E-state index in [1.54, 1.807) is 0 Å². The fourth-order valence-corrected chi connectivity index (χ4v) is 6.22. The van der Waals surface area contributed by atoms with E-state index in [2.05, 4.69) is 148 Å². The minimum Gasteiger partial charge on any atom is -0.462 e. The second kappa shape index (κ2) is 51.4. The van der Waals surface area contributed by atoms with Gasteiger partial charge in [-0.3, -0.25) is 9.59 Å². The maximum absolute atomic E-state index is 12.2. The number of hydrogen-bond acceptors (Lipinski definition) is 5. The molecule has 0 aromatic rings. The van der Waals surface area contributed by atoms with Gasteiger partial charge in [0.1, 0.15) is 6.61 Å². The van der Waals surface area contributed by atoms with Crippen molar-refractivity contribution in [3.05, 3.63) is 134 Å². The molecule has 1 N–H and O–H groups in total. The largest absolute Gasteiger partial charge is 0.462 e. The molecule has 1 unspecified atom stereocenters. The summed E-state index contributed by atoms with van der Waals surface area (Å²) in [5.41, 5.74) is 0. The molecular formula is C57H90O5. The van der Waals surface area contributed by atoms with Crippen molar-refractivity contribution in [1.29, 1.82) is 0 Å². The standard InChI is InChI=1S/C57H90O5/c1-3-5-7-9-11-13-15-17-18-19-20-21-22-23-24-25-26-27-28-29-30-31-32-33-34-35-36-37-38-40-42-44-46-48-50-52-57(60)62-55(53-58)54-61-56(59)51-49-47-45-43-41-39-16-14-12-10-8-6-4-2/h5,7,11,13-14,16-18,20-21,23-24,26-27,29-30,32-33,35-36,38,40,55,58H,3-4,6,8-10,12,15,19,22,25,28,31,34,37,39,41-54H2,1-2H3/b7-5-,13-11-,16-14-,18-17-,21-20-,24-23-,27-26-,30-29-,33-32-,36-35-,40-38-. The Balaban J connectivity index is 3.69. The Kier molecular flexibility index (Phi) is 48.1. The van der Waals surface area contributed by atoms with Gasteiger partial charge in [-0.2, -0.15) is 0 Å². The van der Waals surface area contributed by atoms with Crippen molar-refractivity contribution in [2.45, 2.75) is 200 Å². The molecule has 0 saturated carbocycles. The van der Waals surface area contributed by atoms with Crippen molar-refractivity contribution in [2.75, 3.05) is 13.2 Å². The van der Waals surface area contributed by atoms with Crippen molar-refractivity contribution in [3.63, 3.8) is 0 Å². The summed E-state index contributed by atoms with van der Waals surface area (Å²) < 4.78 is 10.6. The Hall–Kier alpha value is -3.96. The summed E-state index contributed by atoms with van der Waals surface area (Å²) in [5.74, 6) is -0.642. The Morgan fingerprint density at radius 3 is 1.06 bits per heavy atom. The predicted molar refractivity (Wildman–Crippen MR) is 269 cm³/mol. The number of hydrogen-bond donors (Lipinski definition) is 1. The van der Waals surface area contributed by atoms with Gasteiger partial charge in [-0.05, 0) is 116 Å². The van der Waals surface area contributed by atoms with Crippen LogP contribution in [0.1, 0.15) is 194 Å². The SMILES string of the molecule is CC/C=C\C/C=C\C/C=C\C/C=C\C/C=C\C/C=C\C/C=C\C/C=C\C/C=C\C/C=C\CCCCCCC(=O)OC(CO)COC(=O)CCCCCCC/C=C\CCCCCC. The number of aliphatic hydroxyl groups excluding tert-OH is 1. The first-order valence-electron chi connectivity index (χ1n) is 24.7. The highest BCUT2D eigenvalue weighted by molar-refractivity contribution is 5.70. The van der Waals surface area contributed by atoms with E-state index >= 15 is 0 Å². The molecule has 0 spiro atoms. The van der Waals surface area contributed by atoms with Crippen LogP contribution in [-0.2, 0) is 19.1 Å². The normalized spacial score (nSPS) is 13.4. The molecule has 0 fully saturated rings. The summed E-state index contributed by atoms with van der Waals surface area (Å²) in [7, 11) is 0. The lowest BCUT2D eigenvalue weighted by Gasteiger charge is -2.15. The zero-order valence-electron chi connectivity index (χ0n) is 39.6. The van der Waals surface area contributed by atoms with E-state index in [-0.39, 0.29) is 25.2 Å². The molecule has 0 rings (SSSR count).